The maximum Gasteiger partial charge on any atom is 0.254 e. The molecule has 0 bridgehead atoms. The number of H-pyrrole nitrogens is 1. The standard InChI is InChI=1S/C20H21FN4O2/c21-16-4-2-1-3-15(16)12-24-7-9-25(10-8-24)20(27)14-5-6-17-18(11-14)23-19(13-26)22-17/h1-6,11,26H,7-10,12-13H2,(H,22,23). The summed E-state index contributed by atoms with van der Waals surface area (Å²) < 4.78 is 13.8. The third-order valence-corrected chi connectivity index (χ3v) is 4.94. The Kier molecular flexibility index (Phi) is 4.87. The quantitative estimate of drug-likeness (QED) is 0.740. The van der Waals surface area contributed by atoms with Crippen LogP contribution in [0.25, 0.3) is 11.0 Å². The summed E-state index contributed by atoms with van der Waals surface area (Å²) in [4.78, 5) is 24.0. The van der Waals surface area contributed by atoms with E-state index in [4.69, 9.17) is 0 Å². The number of aliphatic hydroxyl groups is 1. The molecular formula is C20H21FN4O2. The number of carbonyl (C=O) groups excluding carboxylic acids is 1. The van der Waals surface area contributed by atoms with Gasteiger partial charge in [0.1, 0.15) is 18.2 Å². The van der Waals surface area contributed by atoms with Gasteiger partial charge in [0.25, 0.3) is 5.91 Å². The summed E-state index contributed by atoms with van der Waals surface area (Å²) in [5.41, 5.74) is 2.74. The number of piperazine rings is 1. The Morgan fingerprint density at radius 1 is 1.15 bits per heavy atom. The highest BCUT2D eigenvalue weighted by molar-refractivity contribution is 5.97. The number of aromatic nitrogens is 2. The number of hydrogen-bond acceptors (Lipinski definition) is 4. The van der Waals surface area contributed by atoms with E-state index in [1.807, 2.05) is 11.0 Å². The molecule has 7 heteroatoms. The molecule has 1 aliphatic rings. The van der Waals surface area contributed by atoms with Crippen LogP contribution in [0.5, 0.6) is 0 Å². The van der Waals surface area contributed by atoms with E-state index in [-0.39, 0.29) is 18.3 Å². The first-order valence-electron chi connectivity index (χ1n) is 8.98. The lowest BCUT2D eigenvalue weighted by Gasteiger charge is -2.34. The molecule has 1 aromatic heterocycles. The fourth-order valence-electron chi connectivity index (χ4n) is 3.43. The van der Waals surface area contributed by atoms with Crippen LogP contribution in [0.2, 0.25) is 0 Å². The molecule has 2 N–H and O–H groups in total. The fourth-order valence-corrected chi connectivity index (χ4v) is 3.43. The lowest BCUT2D eigenvalue weighted by molar-refractivity contribution is 0.0627. The average molecular weight is 368 g/mol. The first-order chi connectivity index (χ1) is 13.1. The third kappa shape index (κ3) is 3.70. The Morgan fingerprint density at radius 3 is 2.67 bits per heavy atom. The van der Waals surface area contributed by atoms with Crippen LogP contribution in [0.3, 0.4) is 0 Å². The van der Waals surface area contributed by atoms with Crippen LogP contribution in [-0.4, -0.2) is 57.0 Å². The highest BCUT2D eigenvalue weighted by atomic mass is 19.1. The summed E-state index contributed by atoms with van der Waals surface area (Å²) in [6.07, 6.45) is 0. The summed E-state index contributed by atoms with van der Waals surface area (Å²) in [5, 5.41) is 9.17. The molecule has 0 unspecified atom stereocenters. The molecule has 1 amide bonds. The molecule has 6 nitrogen and oxygen atoms in total. The number of benzene rings is 2. The van der Waals surface area contributed by atoms with Gasteiger partial charge in [-0.3, -0.25) is 9.69 Å². The monoisotopic (exact) mass is 368 g/mol. The van der Waals surface area contributed by atoms with Crippen LogP contribution < -0.4 is 0 Å². The predicted octanol–water partition coefficient (Wildman–Crippen LogP) is 2.15. The number of hydrogen-bond donors (Lipinski definition) is 2. The fraction of sp³-hybridized carbons (Fsp3) is 0.300. The van der Waals surface area contributed by atoms with Gasteiger partial charge in [-0.2, -0.15) is 0 Å². The van der Waals surface area contributed by atoms with Crippen molar-refractivity contribution in [2.75, 3.05) is 26.2 Å². The Morgan fingerprint density at radius 2 is 1.93 bits per heavy atom. The Labute approximate surface area is 156 Å². The van der Waals surface area contributed by atoms with Crippen LogP contribution in [0, 0.1) is 5.82 Å². The highest BCUT2D eigenvalue weighted by Gasteiger charge is 2.23. The van der Waals surface area contributed by atoms with E-state index in [0.29, 0.717) is 49.7 Å². The Bertz CT molecular complexity index is 964. The number of rotatable bonds is 4. The van der Waals surface area contributed by atoms with Gasteiger partial charge in [0.15, 0.2) is 0 Å². The van der Waals surface area contributed by atoms with Crippen LogP contribution in [0.15, 0.2) is 42.5 Å². The van der Waals surface area contributed by atoms with E-state index in [1.54, 1.807) is 30.3 Å². The number of aromatic amines is 1. The minimum Gasteiger partial charge on any atom is -0.388 e. The van der Waals surface area contributed by atoms with E-state index < -0.39 is 0 Å². The van der Waals surface area contributed by atoms with Crippen molar-refractivity contribution >= 4 is 16.9 Å². The van der Waals surface area contributed by atoms with Crippen LogP contribution >= 0.6 is 0 Å². The molecule has 4 rings (SSSR count). The zero-order chi connectivity index (χ0) is 18.8. The van der Waals surface area contributed by atoms with Crippen molar-refractivity contribution in [3.8, 4) is 0 Å². The highest BCUT2D eigenvalue weighted by Crippen LogP contribution is 2.17. The number of amides is 1. The summed E-state index contributed by atoms with van der Waals surface area (Å²) >= 11 is 0. The number of nitrogens with one attached hydrogen (secondary N) is 1. The molecule has 0 aliphatic carbocycles. The molecule has 27 heavy (non-hydrogen) atoms. The van der Waals surface area contributed by atoms with E-state index in [2.05, 4.69) is 14.9 Å². The topological polar surface area (TPSA) is 72.5 Å². The second-order valence-corrected chi connectivity index (χ2v) is 6.73. The second kappa shape index (κ2) is 7.46. The van der Waals surface area contributed by atoms with Gasteiger partial charge in [-0.15, -0.1) is 0 Å². The Hall–Kier alpha value is -2.77. The third-order valence-electron chi connectivity index (χ3n) is 4.94. The van der Waals surface area contributed by atoms with E-state index in [9.17, 15) is 14.3 Å². The molecule has 0 spiro atoms. The van der Waals surface area contributed by atoms with Gasteiger partial charge in [-0.1, -0.05) is 18.2 Å². The van der Waals surface area contributed by atoms with Crippen molar-refractivity contribution in [1.82, 2.24) is 19.8 Å². The van der Waals surface area contributed by atoms with Crippen molar-refractivity contribution in [2.24, 2.45) is 0 Å². The summed E-state index contributed by atoms with van der Waals surface area (Å²) in [6.45, 7) is 3.02. The van der Waals surface area contributed by atoms with Crippen LogP contribution in [0.4, 0.5) is 4.39 Å². The van der Waals surface area contributed by atoms with Crippen molar-refractivity contribution < 1.29 is 14.3 Å². The maximum absolute atomic E-state index is 13.8. The smallest absolute Gasteiger partial charge is 0.254 e. The van der Waals surface area contributed by atoms with Gasteiger partial charge >= 0.3 is 0 Å². The SMILES string of the molecule is O=C(c1ccc2nc(CO)[nH]c2c1)N1CCN(Cc2ccccc2F)CC1. The number of imidazole rings is 1. The molecular weight excluding hydrogens is 347 g/mol. The van der Waals surface area contributed by atoms with Gasteiger partial charge in [-0.05, 0) is 24.3 Å². The van der Waals surface area contributed by atoms with Gasteiger partial charge in [0.05, 0.1) is 11.0 Å². The molecule has 2 heterocycles. The Balaban J connectivity index is 1.40. The molecule has 0 atom stereocenters. The minimum atomic E-state index is -0.189. The van der Waals surface area contributed by atoms with Crippen molar-refractivity contribution in [2.45, 2.75) is 13.2 Å². The van der Waals surface area contributed by atoms with Gasteiger partial charge in [0.2, 0.25) is 0 Å². The molecule has 0 radical (unpaired) electrons. The van der Waals surface area contributed by atoms with E-state index >= 15 is 0 Å². The number of aliphatic hydroxyl groups excluding tert-OH is 1. The molecule has 3 aromatic rings. The second-order valence-electron chi connectivity index (χ2n) is 6.73. The summed E-state index contributed by atoms with van der Waals surface area (Å²) in [6, 6.07) is 12.1. The van der Waals surface area contributed by atoms with Crippen molar-refractivity contribution in [3.05, 3.63) is 65.2 Å². The molecule has 1 aliphatic heterocycles. The van der Waals surface area contributed by atoms with Crippen LogP contribution in [0.1, 0.15) is 21.7 Å². The van der Waals surface area contributed by atoms with Gasteiger partial charge < -0.3 is 15.0 Å². The lowest BCUT2D eigenvalue weighted by Crippen LogP contribution is -2.48. The van der Waals surface area contributed by atoms with Crippen molar-refractivity contribution in [1.29, 1.82) is 0 Å². The van der Waals surface area contributed by atoms with Crippen molar-refractivity contribution in [3.63, 3.8) is 0 Å². The lowest BCUT2D eigenvalue weighted by atomic mass is 10.1. The number of carbonyl (C=O) groups is 1. The molecule has 0 saturated carbocycles. The zero-order valence-electron chi connectivity index (χ0n) is 14.9. The summed E-state index contributed by atoms with van der Waals surface area (Å²) in [7, 11) is 0. The molecule has 2 aromatic carbocycles. The predicted molar refractivity (Wildman–Crippen MR) is 99.6 cm³/mol. The van der Waals surface area contributed by atoms with E-state index in [0.717, 1.165) is 11.0 Å². The van der Waals surface area contributed by atoms with Gasteiger partial charge in [0, 0.05) is 43.9 Å². The largest absolute Gasteiger partial charge is 0.388 e. The number of fused-ring (bicyclic) bond motifs is 1. The molecule has 140 valence electrons. The minimum absolute atomic E-state index is 0.0254. The zero-order valence-corrected chi connectivity index (χ0v) is 14.9. The van der Waals surface area contributed by atoms with Crippen LogP contribution in [-0.2, 0) is 13.2 Å². The molecule has 1 saturated heterocycles. The number of halogens is 1. The number of nitrogens with zero attached hydrogens (tertiary/aromatic N) is 3. The van der Waals surface area contributed by atoms with Gasteiger partial charge in [-0.25, -0.2) is 9.37 Å². The first kappa shape index (κ1) is 17.6. The summed E-state index contributed by atoms with van der Waals surface area (Å²) in [5.74, 6) is 0.269. The molecule has 1 fully saturated rings. The average Bonchev–Trinajstić information content (AvgIpc) is 3.12. The maximum atomic E-state index is 13.8. The first-order valence-corrected chi connectivity index (χ1v) is 8.98. The van der Waals surface area contributed by atoms with E-state index in [1.165, 1.54) is 6.07 Å². The normalized spacial score (nSPS) is 15.4.